The molecule has 104 valence electrons. The third-order valence-electron chi connectivity index (χ3n) is 2.14. The van der Waals surface area contributed by atoms with Gasteiger partial charge in [-0.2, -0.15) is 0 Å². The topological polar surface area (TPSA) is 58.6 Å². The van der Waals surface area contributed by atoms with E-state index in [4.69, 9.17) is 5.11 Å². The lowest BCUT2D eigenvalue weighted by atomic mass is 10.1. The molecule has 0 spiro atoms. The van der Waals surface area contributed by atoms with Gasteiger partial charge in [0.25, 0.3) is 0 Å². The van der Waals surface area contributed by atoms with E-state index in [9.17, 15) is 18.0 Å². The first kappa shape index (κ1) is 15.0. The van der Waals surface area contributed by atoms with Gasteiger partial charge < -0.3 is 9.84 Å². The van der Waals surface area contributed by atoms with Gasteiger partial charge in [0.05, 0.1) is 0 Å². The van der Waals surface area contributed by atoms with E-state index in [-0.39, 0.29) is 12.1 Å². The second-order valence-electron chi connectivity index (χ2n) is 3.59. The van der Waals surface area contributed by atoms with Crippen LogP contribution >= 0.6 is 0 Å². The second-order valence-corrected chi connectivity index (χ2v) is 3.59. The molecule has 1 aromatic carbocycles. The fourth-order valence-corrected chi connectivity index (χ4v) is 1.44. The Hall–Kier alpha value is -2.02. The van der Waals surface area contributed by atoms with E-state index >= 15 is 0 Å². The smallest absolute Gasteiger partial charge is 0.480 e. The molecule has 0 heterocycles. The largest absolute Gasteiger partial charge is 0.573 e. The van der Waals surface area contributed by atoms with Crippen LogP contribution in [0.3, 0.4) is 0 Å². The van der Waals surface area contributed by atoms with Gasteiger partial charge in [0.1, 0.15) is 11.8 Å². The van der Waals surface area contributed by atoms with Gasteiger partial charge in [-0.1, -0.05) is 18.2 Å². The van der Waals surface area contributed by atoms with Gasteiger partial charge in [0, 0.05) is 6.54 Å². The summed E-state index contributed by atoms with van der Waals surface area (Å²) < 4.78 is 39.9. The SMILES string of the molecule is C=CCNC(C(=O)O)c1cccc(OC(F)(F)F)c1. The van der Waals surface area contributed by atoms with Crippen LogP contribution in [0.15, 0.2) is 36.9 Å². The number of carboxylic acids is 1. The van der Waals surface area contributed by atoms with E-state index in [1.807, 2.05) is 0 Å². The zero-order valence-electron chi connectivity index (χ0n) is 9.78. The number of alkyl halides is 3. The van der Waals surface area contributed by atoms with Crippen molar-refractivity contribution in [3.8, 4) is 5.75 Å². The molecule has 1 atom stereocenters. The molecule has 2 N–H and O–H groups in total. The minimum absolute atomic E-state index is 0.163. The van der Waals surface area contributed by atoms with Crippen LogP contribution in [0.25, 0.3) is 0 Å². The molecular formula is C12H12F3NO3. The molecule has 1 unspecified atom stereocenters. The third-order valence-corrected chi connectivity index (χ3v) is 2.14. The zero-order chi connectivity index (χ0) is 14.5. The molecule has 0 fully saturated rings. The molecular weight excluding hydrogens is 263 g/mol. The van der Waals surface area contributed by atoms with Crippen LogP contribution in [0.5, 0.6) is 5.75 Å². The summed E-state index contributed by atoms with van der Waals surface area (Å²) >= 11 is 0. The van der Waals surface area contributed by atoms with Crippen molar-refractivity contribution in [1.82, 2.24) is 5.32 Å². The number of carbonyl (C=O) groups is 1. The summed E-state index contributed by atoms with van der Waals surface area (Å²) in [5, 5.41) is 11.6. The molecule has 0 saturated heterocycles. The third kappa shape index (κ3) is 5.01. The summed E-state index contributed by atoms with van der Waals surface area (Å²) in [6.07, 6.45) is -3.36. The van der Waals surface area contributed by atoms with E-state index < -0.39 is 24.1 Å². The van der Waals surface area contributed by atoms with Gasteiger partial charge in [0.2, 0.25) is 0 Å². The molecule has 0 aliphatic carbocycles. The molecule has 0 aliphatic heterocycles. The van der Waals surface area contributed by atoms with Gasteiger partial charge in [-0.15, -0.1) is 19.8 Å². The summed E-state index contributed by atoms with van der Waals surface area (Å²) in [6, 6.07) is 3.70. The van der Waals surface area contributed by atoms with Crippen molar-refractivity contribution in [2.45, 2.75) is 12.4 Å². The van der Waals surface area contributed by atoms with Crippen molar-refractivity contribution >= 4 is 5.97 Å². The standard InChI is InChI=1S/C12H12F3NO3/c1-2-6-16-10(11(17)18)8-4-3-5-9(7-8)19-12(13,14)15/h2-5,7,10,16H,1,6H2,(H,17,18). The Kier molecular flexibility index (Phi) is 4.94. The number of benzene rings is 1. The van der Waals surface area contributed by atoms with Crippen molar-refractivity contribution < 1.29 is 27.8 Å². The first-order chi connectivity index (χ1) is 8.83. The number of ether oxygens (including phenoxy) is 1. The van der Waals surface area contributed by atoms with Gasteiger partial charge >= 0.3 is 12.3 Å². The molecule has 0 saturated carbocycles. The fraction of sp³-hybridized carbons (Fsp3) is 0.250. The Morgan fingerprint density at radius 1 is 1.53 bits per heavy atom. The molecule has 0 radical (unpaired) electrons. The number of hydrogen-bond donors (Lipinski definition) is 2. The number of hydrogen-bond acceptors (Lipinski definition) is 3. The zero-order valence-corrected chi connectivity index (χ0v) is 9.78. The Morgan fingerprint density at radius 3 is 2.74 bits per heavy atom. The highest BCUT2D eigenvalue weighted by molar-refractivity contribution is 5.75. The Morgan fingerprint density at radius 2 is 2.21 bits per heavy atom. The molecule has 0 aliphatic rings. The summed E-state index contributed by atoms with van der Waals surface area (Å²) in [7, 11) is 0. The molecule has 0 amide bonds. The fourth-order valence-electron chi connectivity index (χ4n) is 1.44. The van der Waals surface area contributed by atoms with Gasteiger partial charge in [-0.3, -0.25) is 10.1 Å². The lowest BCUT2D eigenvalue weighted by Crippen LogP contribution is -2.28. The summed E-state index contributed by atoms with van der Waals surface area (Å²) in [6.45, 7) is 3.63. The van der Waals surface area contributed by atoms with Crippen molar-refractivity contribution in [2.75, 3.05) is 6.54 Å². The molecule has 1 rings (SSSR count). The molecule has 19 heavy (non-hydrogen) atoms. The highest BCUT2D eigenvalue weighted by Crippen LogP contribution is 2.25. The number of halogens is 3. The van der Waals surface area contributed by atoms with Crippen molar-refractivity contribution in [1.29, 1.82) is 0 Å². The minimum atomic E-state index is -4.81. The monoisotopic (exact) mass is 275 g/mol. The maximum Gasteiger partial charge on any atom is 0.573 e. The molecule has 0 bridgehead atoms. The lowest BCUT2D eigenvalue weighted by molar-refractivity contribution is -0.274. The first-order valence-corrected chi connectivity index (χ1v) is 5.26. The van der Waals surface area contributed by atoms with Crippen LogP contribution in [0.2, 0.25) is 0 Å². The van der Waals surface area contributed by atoms with E-state index in [0.717, 1.165) is 12.1 Å². The predicted molar refractivity (Wildman–Crippen MR) is 61.7 cm³/mol. The molecule has 7 heteroatoms. The van der Waals surface area contributed by atoms with Gasteiger partial charge in [-0.25, -0.2) is 0 Å². The van der Waals surface area contributed by atoms with Crippen LogP contribution in [-0.2, 0) is 4.79 Å². The first-order valence-electron chi connectivity index (χ1n) is 5.26. The average Bonchev–Trinajstić information content (AvgIpc) is 2.27. The summed E-state index contributed by atoms with van der Waals surface area (Å²) in [4.78, 5) is 11.0. The second kappa shape index (κ2) is 6.24. The van der Waals surface area contributed by atoms with Crippen LogP contribution in [0.1, 0.15) is 11.6 Å². The van der Waals surface area contributed by atoms with E-state index in [0.29, 0.717) is 0 Å². The normalized spacial score (nSPS) is 12.8. The minimum Gasteiger partial charge on any atom is -0.480 e. The maximum absolute atomic E-state index is 12.1. The van der Waals surface area contributed by atoms with E-state index in [1.165, 1.54) is 18.2 Å². The van der Waals surface area contributed by atoms with Crippen LogP contribution in [0.4, 0.5) is 13.2 Å². The lowest BCUT2D eigenvalue weighted by Gasteiger charge is -2.15. The van der Waals surface area contributed by atoms with Crippen molar-refractivity contribution in [3.05, 3.63) is 42.5 Å². The van der Waals surface area contributed by atoms with E-state index in [1.54, 1.807) is 0 Å². The quantitative estimate of drug-likeness (QED) is 0.783. The van der Waals surface area contributed by atoms with Crippen molar-refractivity contribution in [3.63, 3.8) is 0 Å². The van der Waals surface area contributed by atoms with Crippen LogP contribution in [0, 0.1) is 0 Å². The molecule has 1 aromatic rings. The maximum atomic E-state index is 12.1. The highest BCUT2D eigenvalue weighted by atomic mass is 19.4. The highest BCUT2D eigenvalue weighted by Gasteiger charge is 2.31. The van der Waals surface area contributed by atoms with Crippen molar-refractivity contribution in [2.24, 2.45) is 0 Å². The number of nitrogens with one attached hydrogen (secondary N) is 1. The average molecular weight is 275 g/mol. The summed E-state index contributed by atoms with van der Waals surface area (Å²) in [5.74, 6) is -1.66. The Labute approximate surface area is 107 Å². The Balaban J connectivity index is 2.94. The van der Waals surface area contributed by atoms with Gasteiger partial charge in [0.15, 0.2) is 0 Å². The number of rotatable bonds is 6. The predicted octanol–water partition coefficient (Wildman–Crippen LogP) is 2.49. The molecule has 0 aromatic heterocycles. The van der Waals surface area contributed by atoms with E-state index in [2.05, 4.69) is 16.6 Å². The van der Waals surface area contributed by atoms with Crippen LogP contribution in [-0.4, -0.2) is 24.0 Å². The number of aliphatic carboxylic acids is 1. The summed E-state index contributed by atoms with van der Waals surface area (Å²) in [5.41, 5.74) is 0.163. The number of carboxylic acid groups (broad SMARTS) is 1. The Bertz CT molecular complexity index is 460. The molecule has 4 nitrogen and oxygen atoms in total. The van der Waals surface area contributed by atoms with Crippen LogP contribution < -0.4 is 10.1 Å². The van der Waals surface area contributed by atoms with Gasteiger partial charge in [-0.05, 0) is 17.7 Å².